The summed E-state index contributed by atoms with van der Waals surface area (Å²) >= 11 is 6.82. The van der Waals surface area contributed by atoms with Crippen LogP contribution in [0.2, 0.25) is 0 Å². The Bertz CT molecular complexity index is 598. The quantitative estimate of drug-likeness (QED) is 0.752. The molecule has 0 saturated heterocycles. The molecule has 0 unspecified atom stereocenters. The molecule has 2 aromatic rings. The predicted octanol–water partition coefficient (Wildman–Crippen LogP) is 4.89. The second kappa shape index (κ2) is 5.02. The molecule has 0 amide bonds. The fourth-order valence-corrected chi connectivity index (χ4v) is 3.27. The van der Waals surface area contributed by atoms with Gasteiger partial charge in [0.2, 0.25) is 5.88 Å². The number of halogens is 2. The molecular weight excluding hydrogens is 358 g/mol. The molecule has 0 aliphatic heterocycles. The molecule has 4 heteroatoms. The first-order chi connectivity index (χ1) is 8.72. The third-order valence-electron chi connectivity index (χ3n) is 3.06. The standard InChI is InChI=1S/C14H11Br2NO/c15-11-7-13(16)14(17-8-11)18-12-5-4-9-2-1-3-10(9)6-12/h4-8H,1-3H2. The molecule has 0 atom stereocenters. The lowest BCUT2D eigenvalue weighted by molar-refractivity contribution is 0.459. The monoisotopic (exact) mass is 367 g/mol. The van der Waals surface area contributed by atoms with E-state index in [1.54, 1.807) is 6.20 Å². The predicted molar refractivity (Wildman–Crippen MR) is 78.2 cm³/mol. The molecule has 1 aliphatic rings. The zero-order valence-electron chi connectivity index (χ0n) is 9.62. The molecule has 1 aromatic carbocycles. The topological polar surface area (TPSA) is 22.1 Å². The molecule has 18 heavy (non-hydrogen) atoms. The van der Waals surface area contributed by atoms with E-state index in [9.17, 15) is 0 Å². The summed E-state index contributed by atoms with van der Waals surface area (Å²) in [6.45, 7) is 0. The van der Waals surface area contributed by atoms with Crippen molar-refractivity contribution in [3.63, 3.8) is 0 Å². The van der Waals surface area contributed by atoms with Crippen LogP contribution in [0.3, 0.4) is 0 Å². The molecule has 0 saturated carbocycles. The van der Waals surface area contributed by atoms with Crippen LogP contribution in [0, 0.1) is 0 Å². The molecular formula is C14H11Br2NO. The van der Waals surface area contributed by atoms with Gasteiger partial charge in [-0.15, -0.1) is 0 Å². The van der Waals surface area contributed by atoms with Gasteiger partial charge in [-0.1, -0.05) is 6.07 Å². The highest BCUT2D eigenvalue weighted by molar-refractivity contribution is 9.11. The second-order valence-electron chi connectivity index (χ2n) is 4.33. The molecule has 92 valence electrons. The molecule has 1 heterocycles. The van der Waals surface area contributed by atoms with Crippen molar-refractivity contribution >= 4 is 31.9 Å². The van der Waals surface area contributed by atoms with Gasteiger partial charge in [0, 0.05) is 10.7 Å². The fourth-order valence-electron chi connectivity index (χ4n) is 2.20. The number of hydrogen-bond acceptors (Lipinski definition) is 2. The number of ether oxygens (including phenoxy) is 1. The van der Waals surface area contributed by atoms with Crippen LogP contribution in [0.4, 0.5) is 0 Å². The third-order valence-corrected chi connectivity index (χ3v) is 4.06. The fraction of sp³-hybridized carbons (Fsp3) is 0.214. The number of fused-ring (bicyclic) bond motifs is 1. The first kappa shape index (κ1) is 12.2. The average Bonchev–Trinajstić information content (AvgIpc) is 2.80. The lowest BCUT2D eigenvalue weighted by Crippen LogP contribution is -1.91. The van der Waals surface area contributed by atoms with Crippen LogP contribution in [0.25, 0.3) is 0 Å². The minimum Gasteiger partial charge on any atom is -0.438 e. The van der Waals surface area contributed by atoms with Crippen molar-refractivity contribution in [3.8, 4) is 11.6 Å². The van der Waals surface area contributed by atoms with Gasteiger partial charge in [0.15, 0.2) is 0 Å². The minimum absolute atomic E-state index is 0.594. The van der Waals surface area contributed by atoms with E-state index in [4.69, 9.17) is 4.74 Å². The van der Waals surface area contributed by atoms with Crippen molar-refractivity contribution in [2.45, 2.75) is 19.3 Å². The summed E-state index contributed by atoms with van der Waals surface area (Å²) in [5, 5.41) is 0. The molecule has 0 bridgehead atoms. The maximum Gasteiger partial charge on any atom is 0.233 e. The van der Waals surface area contributed by atoms with Crippen molar-refractivity contribution in [2.24, 2.45) is 0 Å². The van der Waals surface area contributed by atoms with E-state index in [-0.39, 0.29) is 0 Å². The highest BCUT2D eigenvalue weighted by Gasteiger charge is 2.12. The highest BCUT2D eigenvalue weighted by atomic mass is 79.9. The van der Waals surface area contributed by atoms with Crippen LogP contribution in [-0.2, 0) is 12.8 Å². The summed E-state index contributed by atoms with van der Waals surface area (Å²) in [6.07, 6.45) is 5.32. The Morgan fingerprint density at radius 2 is 1.89 bits per heavy atom. The maximum atomic E-state index is 5.81. The molecule has 0 spiro atoms. The Labute approximate surface area is 123 Å². The summed E-state index contributed by atoms with van der Waals surface area (Å²) in [4.78, 5) is 4.25. The molecule has 0 fully saturated rings. The average molecular weight is 369 g/mol. The number of aryl methyl sites for hydroxylation is 2. The van der Waals surface area contributed by atoms with Crippen LogP contribution in [0.5, 0.6) is 11.6 Å². The highest BCUT2D eigenvalue weighted by Crippen LogP contribution is 2.32. The zero-order valence-corrected chi connectivity index (χ0v) is 12.8. The number of nitrogens with zero attached hydrogens (tertiary/aromatic N) is 1. The third kappa shape index (κ3) is 2.45. The summed E-state index contributed by atoms with van der Waals surface area (Å²) in [6, 6.07) is 8.22. The van der Waals surface area contributed by atoms with Crippen LogP contribution in [-0.4, -0.2) is 4.98 Å². The molecule has 1 aliphatic carbocycles. The van der Waals surface area contributed by atoms with Crippen molar-refractivity contribution in [3.05, 3.63) is 50.5 Å². The van der Waals surface area contributed by atoms with Gasteiger partial charge in [-0.25, -0.2) is 4.98 Å². The van der Waals surface area contributed by atoms with Gasteiger partial charge in [-0.05, 0) is 80.4 Å². The minimum atomic E-state index is 0.594. The van der Waals surface area contributed by atoms with Crippen molar-refractivity contribution in [1.29, 1.82) is 0 Å². The van der Waals surface area contributed by atoms with Crippen LogP contribution >= 0.6 is 31.9 Å². The van der Waals surface area contributed by atoms with Crippen molar-refractivity contribution in [2.75, 3.05) is 0 Å². The number of aromatic nitrogens is 1. The Kier molecular flexibility index (Phi) is 3.39. The summed E-state index contributed by atoms with van der Waals surface area (Å²) in [5.74, 6) is 1.45. The number of pyridine rings is 1. The van der Waals surface area contributed by atoms with Crippen LogP contribution < -0.4 is 4.74 Å². The lowest BCUT2D eigenvalue weighted by atomic mass is 10.1. The SMILES string of the molecule is Brc1cnc(Oc2ccc3c(c2)CCC3)c(Br)c1. The Morgan fingerprint density at radius 1 is 1.06 bits per heavy atom. The van der Waals surface area contributed by atoms with E-state index in [0.717, 1.165) is 21.1 Å². The van der Waals surface area contributed by atoms with Crippen LogP contribution in [0.15, 0.2) is 39.4 Å². The van der Waals surface area contributed by atoms with E-state index < -0.39 is 0 Å². The number of hydrogen-bond donors (Lipinski definition) is 0. The number of benzene rings is 1. The van der Waals surface area contributed by atoms with Gasteiger partial charge in [-0.2, -0.15) is 0 Å². The van der Waals surface area contributed by atoms with E-state index in [0.29, 0.717) is 5.88 Å². The van der Waals surface area contributed by atoms with E-state index >= 15 is 0 Å². The van der Waals surface area contributed by atoms with Crippen molar-refractivity contribution in [1.82, 2.24) is 4.98 Å². The van der Waals surface area contributed by atoms with Gasteiger partial charge in [-0.3, -0.25) is 0 Å². The first-order valence-corrected chi connectivity index (χ1v) is 7.42. The Balaban J connectivity index is 1.88. The summed E-state index contributed by atoms with van der Waals surface area (Å²) < 4.78 is 7.58. The summed E-state index contributed by atoms with van der Waals surface area (Å²) in [5.41, 5.74) is 2.85. The summed E-state index contributed by atoms with van der Waals surface area (Å²) in [7, 11) is 0. The van der Waals surface area contributed by atoms with E-state index in [2.05, 4.69) is 49.0 Å². The lowest BCUT2D eigenvalue weighted by Gasteiger charge is -2.08. The molecule has 0 radical (unpaired) electrons. The number of rotatable bonds is 2. The smallest absolute Gasteiger partial charge is 0.233 e. The molecule has 2 nitrogen and oxygen atoms in total. The normalized spacial score (nSPS) is 13.4. The maximum absolute atomic E-state index is 5.81. The van der Waals surface area contributed by atoms with Crippen LogP contribution in [0.1, 0.15) is 17.5 Å². The first-order valence-electron chi connectivity index (χ1n) is 5.83. The zero-order chi connectivity index (χ0) is 12.5. The van der Waals surface area contributed by atoms with Gasteiger partial charge in [0.1, 0.15) is 5.75 Å². The second-order valence-corrected chi connectivity index (χ2v) is 6.10. The molecule has 3 rings (SSSR count). The van der Waals surface area contributed by atoms with E-state index in [1.165, 1.54) is 24.0 Å². The largest absolute Gasteiger partial charge is 0.438 e. The van der Waals surface area contributed by atoms with Gasteiger partial charge < -0.3 is 4.74 Å². The van der Waals surface area contributed by atoms with Crippen molar-refractivity contribution < 1.29 is 4.74 Å². The molecule has 1 aromatic heterocycles. The Hall–Kier alpha value is -0.870. The molecule has 0 N–H and O–H groups in total. The Morgan fingerprint density at radius 3 is 2.72 bits per heavy atom. The van der Waals surface area contributed by atoms with Gasteiger partial charge >= 0.3 is 0 Å². The van der Waals surface area contributed by atoms with Gasteiger partial charge in [0.05, 0.1) is 4.47 Å². The van der Waals surface area contributed by atoms with E-state index in [1.807, 2.05) is 12.1 Å². The van der Waals surface area contributed by atoms with Gasteiger partial charge in [0.25, 0.3) is 0 Å².